The summed E-state index contributed by atoms with van der Waals surface area (Å²) in [5, 5.41) is 4.67. The molecule has 23 heavy (non-hydrogen) atoms. The van der Waals surface area contributed by atoms with Gasteiger partial charge in [-0.3, -0.25) is 0 Å². The summed E-state index contributed by atoms with van der Waals surface area (Å²) in [4.78, 5) is 15.7. The van der Waals surface area contributed by atoms with E-state index in [0.29, 0.717) is 19.0 Å². The second kappa shape index (κ2) is 6.12. The quantitative estimate of drug-likeness (QED) is 0.776. The van der Waals surface area contributed by atoms with E-state index in [4.69, 9.17) is 4.74 Å². The van der Waals surface area contributed by atoms with Gasteiger partial charge in [-0.1, -0.05) is 0 Å². The molecule has 0 amide bonds. The van der Waals surface area contributed by atoms with Crippen LogP contribution in [0.4, 0.5) is 5.82 Å². The van der Waals surface area contributed by atoms with E-state index in [1.807, 2.05) is 30.4 Å². The van der Waals surface area contributed by atoms with Gasteiger partial charge in [-0.2, -0.15) is 0 Å². The second-order valence-electron chi connectivity index (χ2n) is 5.55. The highest BCUT2D eigenvalue weighted by Crippen LogP contribution is 2.39. The molecule has 4 rings (SSSR count). The summed E-state index contributed by atoms with van der Waals surface area (Å²) >= 11 is 1.81. The van der Waals surface area contributed by atoms with Crippen LogP contribution in [0.1, 0.15) is 29.3 Å². The molecule has 1 aliphatic carbocycles. The molecule has 0 atom stereocenters. The molecule has 3 heterocycles. The summed E-state index contributed by atoms with van der Waals surface area (Å²) in [7, 11) is 0. The van der Waals surface area contributed by atoms with Crippen LogP contribution in [0.25, 0.3) is 10.2 Å². The third kappa shape index (κ3) is 2.74. The summed E-state index contributed by atoms with van der Waals surface area (Å²) in [6.45, 7) is 3.28. The van der Waals surface area contributed by atoms with E-state index in [9.17, 15) is 0 Å². The lowest BCUT2D eigenvalue weighted by Crippen LogP contribution is -2.03. The Morgan fingerprint density at radius 2 is 2.22 bits per heavy atom. The predicted molar refractivity (Wildman–Crippen MR) is 92.2 cm³/mol. The molecule has 0 saturated heterocycles. The highest BCUT2D eigenvalue weighted by molar-refractivity contribution is 7.19. The summed E-state index contributed by atoms with van der Waals surface area (Å²) in [6, 6.07) is 3.96. The van der Waals surface area contributed by atoms with E-state index in [-0.39, 0.29) is 0 Å². The molecule has 1 aliphatic rings. The number of aromatic nitrogens is 3. The monoisotopic (exact) mass is 326 g/mol. The van der Waals surface area contributed by atoms with E-state index in [2.05, 4.69) is 20.3 Å². The van der Waals surface area contributed by atoms with Gasteiger partial charge in [0.05, 0.1) is 12.0 Å². The Hall–Kier alpha value is -2.21. The minimum absolute atomic E-state index is 0.622. The second-order valence-corrected chi connectivity index (χ2v) is 6.63. The topological polar surface area (TPSA) is 59.9 Å². The van der Waals surface area contributed by atoms with Gasteiger partial charge >= 0.3 is 0 Å². The van der Waals surface area contributed by atoms with Crippen molar-refractivity contribution in [1.29, 1.82) is 0 Å². The first-order valence-corrected chi connectivity index (χ1v) is 8.73. The van der Waals surface area contributed by atoms with Crippen molar-refractivity contribution in [3.63, 3.8) is 0 Å². The number of nitrogens with zero attached hydrogens (tertiary/aromatic N) is 3. The summed E-state index contributed by atoms with van der Waals surface area (Å²) in [6.07, 6.45) is 6.99. The van der Waals surface area contributed by atoms with Gasteiger partial charge in [0.2, 0.25) is 5.88 Å². The fourth-order valence-corrected chi connectivity index (χ4v) is 4.26. The van der Waals surface area contributed by atoms with Crippen LogP contribution in [0.2, 0.25) is 0 Å². The maximum Gasteiger partial charge on any atom is 0.213 e. The summed E-state index contributed by atoms with van der Waals surface area (Å²) in [5.74, 6) is 1.60. The van der Waals surface area contributed by atoms with Crippen LogP contribution in [-0.2, 0) is 19.4 Å². The number of ether oxygens (including phenoxy) is 1. The van der Waals surface area contributed by atoms with Gasteiger partial charge in [-0.15, -0.1) is 11.3 Å². The van der Waals surface area contributed by atoms with Crippen LogP contribution in [-0.4, -0.2) is 21.6 Å². The molecular formula is C17H18N4OS. The van der Waals surface area contributed by atoms with Crippen LogP contribution in [0, 0.1) is 0 Å². The maximum absolute atomic E-state index is 5.45. The van der Waals surface area contributed by atoms with Crippen molar-refractivity contribution < 1.29 is 4.74 Å². The molecular weight excluding hydrogens is 308 g/mol. The number of hydrogen-bond acceptors (Lipinski definition) is 6. The lowest BCUT2D eigenvalue weighted by Gasteiger charge is -2.09. The Morgan fingerprint density at radius 1 is 1.26 bits per heavy atom. The van der Waals surface area contributed by atoms with Crippen molar-refractivity contribution in [2.75, 3.05) is 11.9 Å². The van der Waals surface area contributed by atoms with Crippen LogP contribution < -0.4 is 10.1 Å². The largest absolute Gasteiger partial charge is 0.478 e. The Bertz CT molecular complexity index is 846. The van der Waals surface area contributed by atoms with Crippen molar-refractivity contribution in [1.82, 2.24) is 15.0 Å². The molecule has 0 radical (unpaired) electrons. The van der Waals surface area contributed by atoms with Crippen LogP contribution >= 0.6 is 11.3 Å². The number of anilines is 1. The zero-order chi connectivity index (χ0) is 15.6. The molecule has 0 unspecified atom stereocenters. The van der Waals surface area contributed by atoms with Gasteiger partial charge in [0.25, 0.3) is 0 Å². The highest BCUT2D eigenvalue weighted by atomic mass is 32.1. The Labute approximate surface area is 138 Å². The third-order valence-corrected chi connectivity index (χ3v) is 5.25. The Morgan fingerprint density at radius 3 is 3.13 bits per heavy atom. The van der Waals surface area contributed by atoms with Gasteiger partial charge in [-0.05, 0) is 43.4 Å². The minimum atomic E-state index is 0.622. The number of thiophene rings is 1. The average molecular weight is 326 g/mol. The molecule has 0 spiro atoms. The van der Waals surface area contributed by atoms with Gasteiger partial charge in [0, 0.05) is 23.7 Å². The molecule has 1 N–H and O–H groups in total. The van der Waals surface area contributed by atoms with Crippen molar-refractivity contribution >= 4 is 27.4 Å². The van der Waals surface area contributed by atoms with Gasteiger partial charge in [-0.25, -0.2) is 15.0 Å². The number of rotatable bonds is 5. The third-order valence-electron chi connectivity index (χ3n) is 4.05. The lowest BCUT2D eigenvalue weighted by molar-refractivity contribution is 0.326. The zero-order valence-corrected chi connectivity index (χ0v) is 13.8. The van der Waals surface area contributed by atoms with E-state index in [0.717, 1.165) is 22.6 Å². The smallest absolute Gasteiger partial charge is 0.213 e. The number of pyridine rings is 1. The van der Waals surface area contributed by atoms with Crippen LogP contribution in [0.15, 0.2) is 24.7 Å². The molecule has 6 heteroatoms. The number of fused-ring (bicyclic) bond motifs is 3. The van der Waals surface area contributed by atoms with Gasteiger partial charge in [0.1, 0.15) is 17.0 Å². The first-order chi connectivity index (χ1) is 11.3. The van der Waals surface area contributed by atoms with Gasteiger partial charge < -0.3 is 10.1 Å². The van der Waals surface area contributed by atoms with E-state index < -0.39 is 0 Å². The van der Waals surface area contributed by atoms with Crippen molar-refractivity contribution in [2.45, 2.75) is 32.7 Å². The number of nitrogens with one attached hydrogen (secondary N) is 1. The Kier molecular flexibility index (Phi) is 3.83. The summed E-state index contributed by atoms with van der Waals surface area (Å²) in [5.41, 5.74) is 2.57. The minimum Gasteiger partial charge on any atom is -0.478 e. The molecule has 0 saturated carbocycles. The fraction of sp³-hybridized carbons (Fsp3) is 0.353. The molecule has 0 fully saturated rings. The molecule has 118 valence electrons. The van der Waals surface area contributed by atoms with Crippen molar-refractivity contribution in [3.05, 3.63) is 40.7 Å². The molecule has 0 aromatic carbocycles. The average Bonchev–Trinajstić information content (AvgIpc) is 3.14. The molecule has 5 nitrogen and oxygen atoms in total. The number of hydrogen-bond donors (Lipinski definition) is 1. The summed E-state index contributed by atoms with van der Waals surface area (Å²) < 4.78 is 5.45. The molecule has 3 aromatic rings. The fourth-order valence-electron chi connectivity index (χ4n) is 3.04. The standard InChI is InChI=1S/C17H18N4OS/c1-2-22-14-8-11(6-7-18-14)9-19-16-15-12-4-3-5-13(12)23-17(15)21-10-20-16/h6-8,10H,2-5,9H2,1H3,(H,19,20,21). The highest BCUT2D eigenvalue weighted by Gasteiger charge is 2.20. The van der Waals surface area contributed by atoms with Crippen molar-refractivity contribution in [3.8, 4) is 5.88 Å². The molecule has 3 aromatic heterocycles. The van der Waals surface area contributed by atoms with Crippen LogP contribution in [0.5, 0.6) is 5.88 Å². The Balaban J connectivity index is 1.60. The predicted octanol–water partition coefficient (Wildman–Crippen LogP) is 3.59. The lowest BCUT2D eigenvalue weighted by atomic mass is 10.2. The van der Waals surface area contributed by atoms with E-state index in [1.165, 1.54) is 28.7 Å². The van der Waals surface area contributed by atoms with Crippen molar-refractivity contribution in [2.24, 2.45) is 0 Å². The first kappa shape index (κ1) is 14.4. The first-order valence-electron chi connectivity index (χ1n) is 7.92. The zero-order valence-electron chi connectivity index (χ0n) is 13.0. The van der Waals surface area contributed by atoms with E-state index in [1.54, 1.807) is 12.5 Å². The normalized spacial score (nSPS) is 13.3. The number of aryl methyl sites for hydroxylation is 2. The van der Waals surface area contributed by atoms with Gasteiger partial charge in [0.15, 0.2) is 0 Å². The maximum atomic E-state index is 5.45. The molecule has 0 bridgehead atoms. The van der Waals surface area contributed by atoms with Crippen LogP contribution in [0.3, 0.4) is 0 Å². The molecule has 0 aliphatic heterocycles. The van der Waals surface area contributed by atoms with E-state index >= 15 is 0 Å². The SMILES string of the molecule is CCOc1cc(CNc2ncnc3sc4c(c23)CCC4)ccn1.